The number of ketones is 1. The molecule has 2 rings (SSSR count). The van der Waals surface area contributed by atoms with Crippen molar-refractivity contribution in [3.05, 3.63) is 59.2 Å². The highest BCUT2D eigenvalue weighted by Gasteiger charge is 2.17. The van der Waals surface area contributed by atoms with E-state index in [1.165, 1.54) is 0 Å². The third-order valence-corrected chi connectivity index (χ3v) is 3.11. The molecule has 104 valence electrons. The molecule has 0 aliphatic rings. The molecular formula is C17H19NO2. The maximum absolute atomic E-state index is 12.7. The van der Waals surface area contributed by atoms with Gasteiger partial charge >= 0.3 is 0 Å². The summed E-state index contributed by atoms with van der Waals surface area (Å²) >= 11 is 0. The average molecular weight is 269 g/mol. The molecule has 0 saturated carbocycles. The van der Waals surface area contributed by atoms with Crippen molar-refractivity contribution in [1.29, 1.82) is 0 Å². The standard InChI is InChI=1S/C17H19NO2/c1-11(2)20-16-10-5-4-7-14(16)17(19)13-8-6-9-15(18)12(13)3/h4-11H,18H2,1-3H3. The van der Waals surface area contributed by atoms with Gasteiger partial charge in [-0.2, -0.15) is 0 Å². The maximum atomic E-state index is 12.7. The van der Waals surface area contributed by atoms with Crippen molar-refractivity contribution in [1.82, 2.24) is 0 Å². The van der Waals surface area contributed by atoms with E-state index in [1.807, 2.05) is 39.0 Å². The molecule has 20 heavy (non-hydrogen) atoms. The van der Waals surface area contributed by atoms with Gasteiger partial charge in [-0.15, -0.1) is 0 Å². The van der Waals surface area contributed by atoms with Crippen molar-refractivity contribution in [2.45, 2.75) is 26.9 Å². The Balaban J connectivity index is 2.46. The minimum Gasteiger partial charge on any atom is -0.490 e. The molecule has 3 nitrogen and oxygen atoms in total. The summed E-state index contributed by atoms with van der Waals surface area (Å²) in [5.74, 6) is 0.542. The van der Waals surface area contributed by atoms with Gasteiger partial charge in [0, 0.05) is 11.3 Å². The number of hydrogen-bond acceptors (Lipinski definition) is 3. The van der Waals surface area contributed by atoms with Gasteiger partial charge in [0.1, 0.15) is 5.75 Å². The van der Waals surface area contributed by atoms with Crippen molar-refractivity contribution in [2.75, 3.05) is 5.73 Å². The number of nitrogen functional groups attached to an aromatic ring is 1. The molecule has 0 aliphatic carbocycles. The minimum atomic E-state index is -0.0638. The summed E-state index contributed by atoms with van der Waals surface area (Å²) in [6.45, 7) is 5.73. The fraction of sp³-hybridized carbons (Fsp3) is 0.235. The van der Waals surface area contributed by atoms with Crippen LogP contribution in [0.5, 0.6) is 5.75 Å². The summed E-state index contributed by atoms with van der Waals surface area (Å²) in [5.41, 5.74) is 8.48. The van der Waals surface area contributed by atoms with Crippen molar-refractivity contribution in [3.63, 3.8) is 0 Å². The number of benzene rings is 2. The van der Waals surface area contributed by atoms with Gasteiger partial charge in [-0.1, -0.05) is 24.3 Å². The van der Waals surface area contributed by atoms with E-state index >= 15 is 0 Å². The molecule has 0 bridgehead atoms. The molecule has 3 heteroatoms. The topological polar surface area (TPSA) is 52.3 Å². The number of anilines is 1. The second kappa shape index (κ2) is 5.78. The lowest BCUT2D eigenvalue weighted by Gasteiger charge is -2.14. The summed E-state index contributed by atoms with van der Waals surface area (Å²) in [7, 11) is 0. The highest BCUT2D eigenvalue weighted by molar-refractivity contribution is 6.12. The Labute approximate surface area is 119 Å². The number of carbonyl (C=O) groups is 1. The number of hydrogen-bond donors (Lipinski definition) is 1. The maximum Gasteiger partial charge on any atom is 0.197 e. The van der Waals surface area contributed by atoms with Crippen LogP contribution in [-0.2, 0) is 0 Å². The first-order valence-corrected chi connectivity index (χ1v) is 6.66. The SMILES string of the molecule is Cc1c(N)cccc1C(=O)c1ccccc1OC(C)C. The van der Waals surface area contributed by atoms with Crippen molar-refractivity contribution >= 4 is 11.5 Å². The van der Waals surface area contributed by atoms with E-state index in [4.69, 9.17) is 10.5 Å². The molecule has 2 aromatic rings. The highest BCUT2D eigenvalue weighted by atomic mass is 16.5. The lowest BCUT2D eigenvalue weighted by molar-refractivity contribution is 0.103. The summed E-state index contributed by atoms with van der Waals surface area (Å²) in [6, 6.07) is 12.7. The van der Waals surface area contributed by atoms with E-state index in [0.29, 0.717) is 22.6 Å². The minimum absolute atomic E-state index is 0.0193. The summed E-state index contributed by atoms with van der Waals surface area (Å²) in [4.78, 5) is 12.7. The third kappa shape index (κ3) is 2.82. The zero-order chi connectivity index (χ0) is 14.7. The van der Waals surface area contributed by atoms with Gasteiger partial charge in [-0.05, 0) is 44.5 Å². The van der Waals surface area contributed by atoms with Crippen LogP contribution in [0.4, 0.5) is 5.69 Å². The highest BCUT2D eigenvalue weighted by Crippen LogP contribution is 2.25. The third-order valence-electron chi connectivity index (χ3n) is 3.11. The summed E-state index contributed by atoms with van der Waals surface area (Å²) in [6.07, 6.45) is 0.0193. The van der Waals surface area contributed by atoms with E-state index in [-0.39, 0.29) is 11.9 Å². The zero-order valence-corrected chi connectivity index (χ0v) is 12.0. The molecule has 0 saturated heterocycles. The lowest BCUT2D eigenvalue weighted by atomic mass is 9.97. The van der Waals surface area contributed by atoms with Crippen LogP contribution in [0.2, 0.25) is 0 Å². The quantitative estimate of drug-likeness (QED) is 0.681. The number of nitrogens with two attached hydrogens (primary N) is 1. The van der Waals surface area contributed by atoms with Gasteiger partial charge in [-0.3, -0.25) is 4.79 Å². The van der Waals surface area contributed by atoms with Crippen molar-refractivity contribution in [3.8, 4) is 5.75 Å². The zero-order valence-electron chi connectivity index (χ0n) is 12.0. The number of carbonyl (C=O) groups excluding carboxylic acids is 1. The molecule has 0 radical (unpaired) electrons. The second-order valence-electron chi connectivity index (χ2n) is 5.01. The number of ether oxygens (including phenoxy) is 1. The lowest BCUT2D eigenvalue weighted by Crippen LogP contribution is -2.11. The first-order chi connectivity index (χ1) is 9.50. The summed E-state index contributed by atoms with van der Waals surface area (Å²) < 4.78 is 5.71. The van der Waals surface area contributed by atoms with Crippen LogP contribution in [0, 0.1) is 6.92 Å². The fourth-order valence-electron chi connectivity index (χ4n) is 2.06. The molecule has 0 aliphatic heterocycles. The molecule has 0 amide bonds. The molecule has 2 aromatic carbocycles. The monoisotopic (exact) mass is 269 g/mol. The Hall–Kier alpha value is -2.29. The van der Waals surface area contributed by atoms with Crippen LogP contribution in [0.3, 0.4) is 0 Å². The van der Waals surface area contributed by atoms with Gasteiger partial charge in [0.05, 0.1) is 11.7 Å². The first-order valence-electron chi connectivity index (χ1n) is 6.66. The average Bonchev–Trinajstić information content (AvgIpc) is 2.41. The van der Waals surface area contributed by atoms with Crippen LogP contribution < -0.4 is 10.5 Å². The molecule has 0 aromatic heterocycles. The predicted molar refractivity (Wildman–Crippen MR) is 81.2 cm³/mol. The Morgan fingerprint density at radius 1 is 1.05 bits per heavy atom. The fourth-order valence-corrected chi connectivity index (χ4v) is 2.06. The van der Waals surface area contributed by atoms with E-state index in [0.717, 1.165) is 5.56 Å². The van der Waals surface area contributed by atoms with Crippen LogP contribution in [0.1, 0.15) is 35.3 Å². The molecule has 0 spiro atoms. The smallest absolute Gasteiger partial charge is 0.197 e. The van der Waals surface area contributed by atoms with Crippen LogP contribution in [-0.4, -0.2) is 11.9 Å². The molecule has 0 fully saturated rings. The Morgan fingerprint density at radius 3 is 2.40 bits per heavy atom. The molecular weight excluding hydrogens is 250 g/mol. The Bertz CT molecular complexity index is 633. The van der Waals surface area contributed by atoms with Crippen molar-refractivity contribution < 1.29 is 9.53 Å². The van der Waals surface area contributed by atoms with Crippen LogP contribution in [0.15, 0.2) is 42.5 Å². The molecule has 0 heterocycles. The molecule has 2 N–H and O–H groups in total. The largest absolute Gasteiger partial charge is 0.490 e. The number of para-hydroxylation sites is 1. The van der Waals surface area contributed by atoms with Crippen LogP contribution >= 0.6 is 0 Å². The van der Waals surface area contributed by atoms with Crippen LogP contribution in [0.25, 0.3) is 0 Å². The van der Waals surface area contributed by atoms with Gasteiger partial charge in [0.15, 0.2) is 5.78 Å². The van der Waals surface area contributed by atoms with Gasteiger partial charge in [0.2, 0.25) is 0 Å². The van der Waals surface area contributed by atoms with Gasteiger partial charge < -0.3 is 10.5 Å². The predicted octanol–water partition coefficient (Wildman–Crippen LogP) is 3.60. The van der Waals surface area contributed by atoms with E-state index in [9.17, 15) is 4.79 Å². The van der Waals surface area contributed by atoms with E-state index in [2.05, 4.69) is 0 Å². The first kappa shape index (κ1) is 14.1. The Kier molecular flexibility index (Phi) is 4.08. The Morgan fingerprint density at radius 2 is 1.70 bits per heavy atom. The van der Waals surface area contributed by atoms with Gasteiger partial charge in [-0.25, -0.2) is 0 Å². The number of rotatable bonds is 4. The summed E-state index contributed by atoms with van der Waals surface area (Å²) in [5, 5.41) is 0. The second-order valence-corrected chi connectivity index (χ2v) is 5.01. The normalized spacial score (nSPS) is 10.6. The van der Waals surface area contributed by atoms with Crippen molar-refractivity contribution in [2.24, 2.45) is 0 Å². The van der Waals surface area contributed by atoms with E-state index in [1.54, 1.807) is 24.3 Å². The van der Waals surface area contributed by atoms with Gasteiger partial charge in [0.25, 0.3) is 0 Å². The molecule has 0 atom stereocenters. The van der Waals surface area contributed by atoms with E-state index < -0.39 is 0 Å². The molecule has 0 unspecified atom stereocenters.